The van der Waals surface area contributed by atoms with E-state index in [-0.39, 0.29) is 5.01 Å². The molecule has 1 aromatic heterocycles. The molecule has 0 unspecified atom stereocenters. The molecule has 19 heavy (non-hydrogen) atoms. The molecule has 0 radical (unpaired) electrons. The highest BCUT2D eigenvalue weighted by molar-refractivity contribution is 7.11. The summed E-state index contributed by atoms with van der Waals surface area (Å²) in [7, 11) is 0. The van der Waals surface area contributed by atoms with Crippen LogP contribution in [0, 0.1) is 0 Å². The second kappa shape index (κ2) is 6.48. The van der Waals surface area contributed by atoms with Crippen molar-refractivity contribution in [2.24, 2.45) is 0 Å². The molecular formula is C15H17NO2S. The predicted molar refractivity (Wildman–Crippen MR) is 77.7 cm³/mol. The first-order valence-electron chi connectivity index (χ1n) is 6.49. The zero-order chi connectivity index (χ0) is 13.7. The number of aryl methyl sites for hydroxylation is 1. The zero-order valence-corrected chi connectivity index (χ0v) is 11.7. The Bertz CT molecular complexity index is 563. The highest BCUT2D eigenvalue weighted by Crippen LogP contribution is 2.23. The van der Waals surface area contributed by atoms with E-state index in [2.05, 4.69) is 24.0 Å². The summed E-state index contributed by atoms with van der Waals surface area (Å²) in [6, 6.07) is 8.21. The summed E-state index contributed by atoms with van der Waals surface area (Å²) < 4.78 is 0. The van der Waals surface area contributed by atoms with Gasteiger partial charge in [-0.15, -0.1) is 11.3 Å². The number of nitrogens with zero attached hydrogens (tertiary/aromatic N) is 1. The molecule has 2 rings (SSSR count). The van der Waals surface area contributed by atoms with E-state index in [1.54, 1.807) is 5.38 Å². The molecule has 0 bridgehead atoms. The van der Waals surface area contributed by atoms with Gasteiger partial charge in [0.15, 0.2) is 0 Å². The fourth-order valence-corrected chi connectivity index (χ4v) is 2.63. The van der Waals surface area contributed by atoms with Gasteiger partial charge in [0, 0.05) is 10.9 Å². The van der Waals surface area contributed by atoms with Crippen LogP contribution in [0.4, 0.5) is 0 Å². The number of carboxylic acids is 1. The number of carboxylic acid groups (broad SMARTS) is 1. The number of benzene rings is 1. The molecule has 3 nitrogen and oxygen atoms in total. The van der Waals surface area contributed by atoms with Gasteiger partial charge >= 0.3 is 5.97 Å². The SMILES string of the molecule is CCCCCc1cccc(-c2csc(C(=O)O)n2)c1. The van der Waals surface area contributed by atoms with Gasteiger partial charge in [-0.2, -0.15) is 0 Å². The summed E-state index contributed by atoms with van der Waals surface area (Å²) in [6.07, 6.45) is 4.72. The first-order chi connectivity index (χ1) is 9.20. The maximum Gasteiger partial charge on any atom is 0.365 e. The minimum absolute atomic E-state index is 0.145. The van der Waals surface area contributed by atoms with Gasteiger partial charge in [-0.05, 0) is 24.5 Å². The van der Waals surface area contributed by atoms with Crippen LogP contribution in [-0.4, -0.2) is 16.1 Å². The fourth-order valence-electron chi connectivity index (χ4n) is 1.97. The first kappa shape index (κ1) is 13.7. The Morgan fingerprint density at radius 3 is 2.89 bits per heavy atom. The first-order valence-corrected chi connectivity index (χ1v) is 7.37. The molecule has 0 saturated heterocycles. The fraction of sp³-hybridized carbons (Fsp3) is 0.333. The van der Waals surface area contributed by atoms with Crippen molar-refractivity contribution in [2.45, 2.75) is 32.6 Å². The standard InChI is InChI=1S/C15H17NO2S/c1-2-3-4-6-11-7-5-8-12(9-11)13-10-19-14(16-13)15(17)18/h5,7-10H,2-4,6H2,1H3,(H,17,18). The lowest BCUT2D eigenvalue weighted by Crippen LogP contribution is -1.94. The normalized spacial score (nSPS) is 10.6. The van der Waals surface area contributed by atoms with Gasteiger partial charge in [0.1, 0.15) is 0 Å². The van der Waals surface area contributed by atoms with E-state index in [0.29, 0.717) is 0 Å². The van der Waals surface area contributed by atoms with Crippen molar-refractivity contribution >= 4 is 17.3 Å². The van der Waals surface area contributed by atoms with Crippen LogP contribution in [0.3, 0.4) is 0 Å². The van der Waals surface area contributed by atoms with Gasteiger partial charge < -0.3 is 5.11 Å². The number of unbranched alkanes of at least 4 members (excludes halogenated alkanes) is 2. The lowest BCUT2D eigenvalue weighted by molar-refractivity contribution is 0.0696. The molecule has 2 aromatic rings. The number of carbonyl (C=O) groups is 1. The second-order valence-corrected chi connectivity index (χ2v) is 5.36. The van der Waals surface area contributed by atoms with Crippen LogP contribution in [-0.2, 0) is 6.42 Å². The van der Waals surface area contributed by atoms with Gasteiger partial charge in [0.05, 0.1) is 5.69 Å². The largest absolute Gasteiger partial charge is 0.476 e. The van der Waals surface area contributed by atoms with Gasteiger partial charge in [-0.1, -0.05) is 38.0 Å². The molecule has 100 valence electrons. The Hall–Kier alpha value is -1.68. The Morgan fingerprint density at radius 2 is 2.21 bits per heavy atom. The van der Waals surface area contributed by atoms with Gasteiger partial charge in [0.25, 0.3) is 0 Å². The van der Waals surface area contributed by atoms with Crippen LogP contribution in [0.15, 0.2) is 29.6 Å². The molecular weight excluding hydrogens is 258 g/mol. The van der Waals surface area contributed by atoms with Crippen LogP contribution < -0.4 is 0 Å². The van der Waals surface area contributed by atoms with Crippen LogP contribution in [0.5, 0.6) is 0 Å². The molecule has 0 aliphatic rings. The average Bonchev–Trinajstić information content (AvgIpc) is 2.89. The maximum absolute atomic E-state index is 10.8. The predicted octanol–water partition coefficient (Wildman–Crippen LogP) is 4.24. The lowest BCUT2D eigenvalue weighted by Gasteiger charge is -2.03. The molecule has 0 saturated carbocycles. The Labute approximate surface area is 116 Å². The molecule has 0 aliphatic carbocycles. The number of thiazole rings is 1. The van der Waals surface area contributed by atoms with E-state index < -0.39 is 5.97 Å². The molecule has 1 aromatic carbocycles. The average molecular weight is 275 g/mol. The summed E-state index contributed by atoms with van der Waals surface area (Å²) in [5.41, 5.74) is 3.04. The minimum Gasteiger partial charge on any atom is -0.476 e. The van der Waals surface area contributed by atoms with E-state index in [0.717, 1.165) is 17.7 Å². The number of aromatic nitrogens is 1. The van der Waals surface area contributed by atoms with E-state index in [4.69, 9.17) is 5.11 Å². The van der Waals surface area contributed by atoms with Crippen molar-refractivity contribution in [1.29, 1.82) is 0 Å². The summed E-state index contributed by atoms with van der Waals surface area (Å²) in [5.74, 6) is -0.963. The summed E-state index contributed by atoms with van der Waals surface area (Å²) in [5, 5.41) is 10.8. The van der Waals surface area contributed by atoms with Crippen molar-refractivity contribution in [3.63, 3.8) is 0 Å². The van der Waals surface area contributed by atoms with Crippen molar-refractivity contribution < 1.29 is 9.90 Å². The maximum atomic E-state index is 10.8. The molecule has 0 fully saturated rings. The quantitative estimate of drug-likeness (QED) is 0.802. The summed E-state index contributed by atoms with van der Waals surface area (Å²) >= 11 is 1.17. The molecule has 0 amide bonds. The van der Waals surface area contributed by atoms with E-state index >= 15 is 0 Å². The Kier molecular flexibility index (Phi) is 4.68. The van der Waals surface area contributed by atoms with Crippen LogP contribution in [0.2, 0.25) is 0 Å². The zero-order valence-electron chi connectivity index (χ0n) is 10.9. The third-order valence-corrected chi connectivity index (χ3v) is 3.81. The minimum atomic E-state index is -0.963. The third-order valence-electron chi connectivity index (χ3n) is 2.98. The molecule has 1 heterocycles. The number of hydrogen-bond acceptors (Lipinski definition) is 3. The van der Waals surface area contributed by atoms with E-state index in [9.17, 15) is 4.79 Å². The third kappa shape index (κ3) is 3.64. The number of aromatic carboxylic acids is 1. The van der Waals surface area contributed by atoms with Gasteiger partial charge in [-0.25, -0.2) is 9.78 Å². The topological polar surface area (TPSA) is 50.2 Å². The van der Waals surface area contributed by atoms with Crippen molar-refractivity contribution in [3.8, 4) is 11.3 Å². The number of rotatable bonds is 6. The van der Waals surface area contributed by atoms with Gasteiger partial charge in [0.2, 0.25) is 5.01 Å². The second-order valence-electron chi connectivity index (χ2n) is 4.50. The lowest BCUT2D eigenvalue weighted by atomic mass is 10.0. The smallest absolute Gasteiger partial charge is 0.365 e. The van der Waals surface area contributed by atoms with E-state index in [1.807, 2.05) is 12.1 Å². The van der Waals surface area contributed by atoms with Crippen molar-refractivity contribution in [1.82, 2.24) is 4.98 Å². The molecule has 1 N–H and O–H groups in total. The molecule has 0 aliphatic heterocycles. The highest BCUT2D eigenvalue weighted by atomic mass is 32.1. The highest BCUT2D eigenvalue weighted by Gasteiger charge is 2.10. The van der Waals surface area contributed by atoms with Crippen LogP contribution >= 0.6 is 11.3 Å². The number of hydrogen-bond donors (Lipinski definition) is 1. The molecule has 0 spiro atoms. The Balaban J connectivity index is 2.15. The van der Waals surface area contributed by atoms with Crippen LogP contribution in [0.1, 0.15) is 41.6 Å². The summed E-state index contributed by atoms with van der Waals surface area (Å²) in [6.45, 7) is 2.19. The summed E-state index contributed by atoms with van der Waals surface area (Å²) in [4.78, 5) is 15.0. The van der Waals surface area contributed by atoms with E-state index in [1.165, 1.54) is 36.2 Å². The Morgan fingerprint density at radius 1 is 1.37 bits per heavy atom. The van der Waals surface area contributed by atoms with Gasteiger partial charge in [-0.3, -0.25) is 0 Å². The van der Waals surface area contributed by atoms with Crippen molar-refractivity contribution in [3.05, 3.63) is 40.2 Å². The molecule has 4 heteroatoms. The molecule has 0 atom stereocenters. The monoisotopic (exact) mass is 275 g/mol. The van der Waals surface area contributed by atoms with Crippen molar-refractivity contribution in [2.75, 3.05) is 0 Å². The van der Waals surface area contributed by atoms with Crippen LogP contribution in [0.25, 0.3) is 11.3 Å².